The molecule has 3 rings (SSSR count). The first-order valence-electron chi connectivity index (χ1n) is 6.67. The molecule has 0 aliphatic carbocycles. The smallest absolute Gasteiger partial charge is 0.305 e. The van der Waals surface area contributed by atoms with Gasteiger partial charge in [0.15, 0.2) is 0 Å². The zero-order valence-corrected chi connectivity index (χ0v) is 11.3. The Bertz CT molecular complexity index is 849. The molecule has 1 heterocycles. The number of aromatic nitrogens is 2. The first-order chi connectivity index (χ1) is 10.3. The molecule has 0 radical (unpaired) electrons. The Morgan fingerprint density at radius 1 is 0.714 bits per heavy atom. The molecular formula is C17H14N2O2. The van der Waals surface area contributed by atoms with Gasteiger partial charge in [-0.05, 0) is 17.7 Å². The van der Waals surface area contributed by atoms with Crippen LogP contribution in [0.2, 0.25) is 0 Å². The molecule has 0 saturated heterocycles. The number of hydrogen-bond acceptors (Lipinski definition) is 2. The van der Waals surface area contributed by atoms with E-state index < -0.39 is 11.1 Å². The highest BCUT2D eigenvalue weighted by Crippen LogP contribution is 2.03. The zero-order chi connectivity index (χ0) is 14.7. The summed E-state index contributed by atoms with van der Waals surface area (Å²) in [6, 6.07) is 18.7. The molecule has 0 saturated carbocycles. The number of hydrogen-bond donors (Lipinski definition) is 0. The van der Waals surface area contributed by atoms with Gasteiger partial charge in [-0.1, -0.05) is 48.5 Å². The summed E-state index contributed by atoms with van der Waals surface area (Å²) in [5.41, 5.74) is 0.604. The van der Waals surface area contributed by atoms with Gasteiger partial charge in [0.25, 0.3) is 0 Å². The van der Waals surface area contributed by atoms with E-state index in [-0.39, 0.29) is 0 Å². The molecule has 0 fully saturated rings. The van der Waals surface area contributed by atoms with Crippen LogP contribution in [0, 0.1) is 0 Å². The minimum Gasteiger partial charge on any atom is -0.305 e. The summed E-state index contributed by atoms with van der Waals surface area (Å²) in [4.78, 5) is 24.4. The molecule has 3 aromatic rings. The maximum absolute atomic E-state index is 12.2. The molecule has 0 unspecified atom stereocenters. The van der Waals surface area contributed by atoms with Crippen LogP contribution in [0.25, 0.3) is 5.69 Å². The van der Waals surface area contributed by atoms with Gasteiger partial charge in [0.05, 0.1) is 6.54 Å². The molecule has 104 valence electrons. The van der Waals surface area contributed by atoms with E-state index in [2.05, 4.69) is 0 Å². The van der Waals surface area contributed by atoms with Crippen LogP contribution in [0.3, 0.4) is 0 Å². The summed E-state index contributed by atoms with van der Waals surface area (Å²) < 4.78 is 2.79. The molecule has 0 amide bonds. The van der Waals surface area contributed by atoms with Crippen molar-refractivity contribution < 1.29 is 0 Å². The Balaban J connectivity index is 2.02. The van der Waals surface area contributed by atoms with Crippen LogP contribution >= 0.6 is 0 Å². The first-order valence-corrected chi connectivity index (χ1v) is 6.67. The second kappa shape index (κ2) is 5.63. The van der Waals surface area contributed by atoms with E-state index in [0.717, 1.165) is 5.56 Å². The molecule has 0 atom stereocenters. The highest BCUT2D eigenvalue weighted by molar-refractivity contribution is 5.31. The van der Waals surface area contributed by atoms with Crippen molar-refractivity contribution in [3.8, 4) is 5.69 Å². The van der Waals surface area contributed by atoms with Crippen molar-refractivity contribution in [2.45, 2.75) is 6.54 Å². The van der Waals surface area contributed by atoms with Gasteiger partial charge in [-0.3, -0.25) is 14.2 Å². The fraction of sp³-hybridized carbons (Fsp3) is 0.0588. The summed E-state index contributed by atoms with van der Waals surface area (Å²) in [5.74, 6) is 0. The first kappa shape index (κ1) is 13.1. The summed E-state index contributed by atoms with van der Waals surface area (Å²) in [7, 11) is 0. The van der Waals surface area contributed by atoms with Crippen LogP contribution < -0.4 is 11.1 Å². The monoisotopic (exact) mass is 278 g/mol. The van der Waals surface area contributed by atoms with Gasteiger partial charge in [0.2, 0.25) is 0 Å². The van der Waals surface area contributed by atoms with Gasteiger partial charge in [-0.15, -0.1) is 0 Å². The second-order valence-corrected chi connectivity index (χ2v) is 4.73. The molecular weight excluding hydrogens is 264 g/mol. The largest absolute Gasteiger partial charge is 0.320 e. The lowest BCUT2D eigenvalue weighted by molar-refractivity contribution is 0.718. The third-order valence-corrected chi connectivity index (χ3v) is 3.29. The zero-order valence-electron chi connectivity index (χ0n) is 11.3. The molecule has 4 heteroatoms. The Hall–Kier alpha value is -2.88. The van der Waals surface area contributed by atoms with Gasteiger partial charge in [0, 0.05) is 18.1 Å². The summed E-state index contributed by atoms with van der Waals surface area (Å²) in [6.45, 7) is 0.393. The highest BCUT2D eigenvalue weighted by Gasteiger charge is 2.06. The highest BCUT2D eigenvalue weighted by atomic mass is 16.2. The minimum atomic E-state index is -0.542. The van der Waals surface area contributed by atoms with Crippen LogP contribution in [0.15, 0.2) is 82.6 Å². The van der Waals surface area contributed by atoms with Crippen molar-refractivity contribution in [3.05, 3.63) is 99.3 Å². The number of benzene rings is 2. The van der Waals surface area contributed by atoms with Gasteiger partial charge in [-0.2, -0.15) is 0 Å². The topological polar surface area (TPSA) is 44.0 Å². The van der Waals surface area contributed by atoms with E-state index >= 15 is 0 Å². The van der Waals surface area contributed by atoms with Crippen molar-refractivity contribution in [3.63, 3.8) is 0 Å². The van der Waals surface area contributed by atoms with Crippen molar-refractivity contribution >= 4 is 0 Å². The molecule has 0 bridgehead atoms. The van der Waals surface area contributed by atoms with E-state index in [1.807, 2.05) is 48.5 Å². The maximum Gasteiger partial charge on any atom is 0.320 e. The van der Waals surface area contributed by atoms with E-state index in [4.69, 9.17) is 0 Å². The van der Waals surface area contributed by atoms with Crippen molar-refractivity contribution in [2.24, 2.45) is 0 Å². The summed E-state index contributed by atoms with van der Waals surface area (Å²) in [6.07, 6.45) is 3.27. The lowest BCUT2D eigenvalue weighted by atomic mass is 10.2. The van der Waals surface area contributed by atoms with E-state index in [9.17, 15) is 9.59 Å². The van der Waals surface area contributed by atoms with E-state index in [0.29, 0.717) is 12.2 Å². The van der Waals surface area contributed by atoms with Gasteiger partial charge in [-0.25, -0.2) is 0 Å². The summed E-state index contributed by atoms with van der Waals surface area (Å²) >= 11 is 0. The van der Waals surface area contributed by atoms with Crippen molar-refractivity contribution in [2.75, 3.05) is 0 Å². The van der Waals surface area contributed by atoms with E-state index in [1.165, 1.54) is 9.13 Å². The van der Waals surface area contributed by atoms with Crippen LogP contribution in [-0.2, 0) is 6.54 Å². The minimum absolute atomic E-state index is 0.393. The van der Waals surface area contributed by atoms with Gasteiger partial charge >= 0.3 is 11.1 Å². The molecule has 2 aromatic carbocycles. The molecule has 0 spiro atoms. The normalized spacial score (nSPS) is 10.5. The standard InChI is InChI=1S/C17H14N2O2/c20-16-17(21)19(15-9-5-2-6-10-15)12-11-18(16)13-14-7-3-1-4-8-14/h1-12H,13H2. The number of nitrogens with zero attached hydrogens (tertiary/aromatic N) is 2. The van der Waals surface area contributed by atoms with Crippen LogP contribution in [-0.4, -0.2) is 9.13 Å². The Morgan fingerprint density at radius 3 is 2.00 bits per heavy atom. The third-order valence-electron chi connectivity index (χ3n) is 3.29. The lowest BCUT2D eigenvalue weighted by Gasteiger charge is -2.09. The Kier molecular flexibility index (Phi) is 3.51. The molecule has 0 N–H and O–H groups in total. The molecule has 1 aromatic heterocycles. The fourth-order valence-corrected chi connectivity index (χ4v) is 2.20. The quantitative estimate of drug-likeness (QED) is 0.688. The van der Waals surface area contributed by atoms with Crippen molar-refractivity contribution in [1.82, 2.24) is 9.13 Å². The molecule has 0 aliphatic rings. The SMILES string of the molecule is O=c1c(=O)n(-c2ccccc2)ccn1Cc1ccccc1. The van der Waals surface area contributed by atoms with Crippen molar-refractivity contribution in [1.29, 1.82) is 0 Å². The van der Waals surface area contributed by atoms with Gasteiger partial charge in [0.1, 0.15) is 0 Å². The average molecular weight is 278 g/mol. The summed E-state index contributed by atoms with van der Waals surface area (Å²) in [5, 5.41) is 0. The van der Waals surface area contributed by atoms with Gasteiger partial charge < -0.3 is 4.57 Å². The van der Waals surface area contributed by atoms with Crippen LogP contribution in [0.4, 0.5) is 0 Å². The van der Waals surface area contributed by atoms with E-state index in [1.54, 1.807) is 24.5 Å². The maximum atomic E-state index is 12.2. The average Bonchev–Trinajstić information content (AvgIpc) is 2.54. The molecule has 21 heavy (non-hydrogen) atoms. The van der Waals surface area contributed by atoms with Crippen LogP contribution in [0.1, 0.15) is 5.56 Å². The Morgan fingerprint density at radius 2 is 1.33 bits per heavy atom. The predicted molar refractivity (Wildman–Crippen MR) is 81.8 cm³/mol. The third kappa shape index (κ3) is 2.69. The fourth-order valence-electron chi connectivity index (χ4n) is 2.20. The second-order valence-electron chi connectivity index (χ2n) is 4.73. The molecule has 4 nitrogen and oxygen atoms in total. The van der Waals surface area contributed by atoms with Crippen LogP contribution in [0.5, 0.6) is 0 Å². The number of rotatable bonds is 3. The molecule has 0 aliphatic heterocycles. The predicted octanol–water partition coefficient (Wildman–Crippen LogP) is 2.05. The Labute approximate surface area is 121 Å². The number of para-hydroxylation sites is 1. The lowest BCUT2D eigenvalue weighted by Crippen LogP contribution is -2.40.